The smallest absolute Gasteiger partial charge is 0.330 e. The lowest BCUT2D eigenvalue weighted by atomic mass is 10.2. The number of carboxylic acids is 1. The number of carboxylic acid groups (broad SMARTS) is 1. The van der Waals surface area contributed by atoms with Crippen molar-refractivity contribution in [3.8, 4) is 0 Å². The highest BCUT2D eigenvalue weighted by Gasteiger charge is 2.19. The van der Waals surface area contributed by atoms with Gasteiger partial charge in [0.15, 0.2) is 0 Å². The predicted octanol–water partition coefficient (Wildman–Crippen LogP) is -1.71. The third-order valence-corrected chi connectivity index (χ3v) is 2.41. The van der Waals surface area contributed by atoms with Gasteiger partial charge in [-0.1, -0.05) is 0 Å². The first-order valence-electron chi connectivity index (χ1n) is 5.06. The second-order valence-electron chi connectivity index (χ2n) is 3.83. The van der Waals surface area contributed by atoms with Crippen molar-refractivity contribution in [3.63, 3.8) is 0 Å². The molecule has 1 aromatic heterocycles. The van der Waals surface area contributed by atoms with Crippen LogP contribution < -0.4 is 16.6 Å². The second-order valence-corrected chi connectivity index (χ2v) is 3.83. The number of rotatable bonds is 3. The lowest BCUT2D eigenvalue weighted by Gasteiger charge is -2.10. The number of aryl methyl sites for hydroxylation is 1. The molecule has 0 saturated carbocycles. The van der Waals surface area contributed by atoms with Crippen molar-refractivity contribution in [1.29, 1.82) is 0 Å². The summed E-state index contributed by atoms with van der Waals surface area (Å²) in [5.41, 5.74) is -1.62. The van der Waals surface area contributed by atoms with E-state index in [2.05, 4.69) is 5.32 Å². The molecule has 98 valence electrons. The highest BCUT2D eigenvalue weighted by atomic mass is 16.4. The van der Waals surface area contributed by atoms with Gasteiger partial charge in [-0.05, 0) is 6.92 Å². The van der Waals surface area contributed by atoms with Crippen LogP contribution in [0, 0.1) is 0 Å². The first-order valence-corrected chi connectivity index (χ1v) is 5.06. The van der Waals surface area contributed by atoms with Crippen molar-refractivity contribution >= 4 is 11.9 Å². The SMILES string of the molecule is CC(NC(=O)c1cn(C)c(=O)n(C)c1=O)C(=O)O. The van der Waals surface area contributed by atoms with E-state index < -0.39 is 29.2 Å². The zero-order valence-corrected chi connectivity index (χ0v) is 10.1. The summed E-state index contributed by atoms with van der Waals surface area (Å²) in [6, 6.07) is -1.13. The van der Waals surface area contributed by atoms with Crippen molar-refractivity contribution in [2.45, 2.75) is 13.0 Å². The lowest BCUT2D eigenvalue weighted by Crippen LogP contribution is -2.45. The van der Waals surface area contributed by atoms with Gasteiger partial charge in [0.2, 0.25) is 0 Å². The summed E-state index contributed by atoms with van der Waals surface area (Å²) < 4.78 is 1.85. The third kappa shape index (κ3) is 2.47. The quantitative estimate of drug-likeness (QED) is 0.668. The van der Waals surface area contributed by atoms with Gasteiger partial charge in [0.05, 0.1) is 0 Å². The molecule has 0 aliphatic heterocycles. The summed E-state index contributed by atoms with van der Waals surface area (Å²) in [4.78, 5) is 45.3. The number of aromatic nitrogens is 2. The minimum atomic E-state index is -1.22. The van der Waals surface area contributed by atoms with Gasteiger partial charge in [0.1, 0.15) is 11.6 Å². The standard InChI is InChI=1S/C10H13N3O5/c1-5(9(16)17)11-7(14)6-4-12(2)10(18)13(3)8(6)15/h4-5H,1-3H3,(H,11,14)(H,16,17). The van der Waals surface area contributed by atoms with Crippen molar-refractivity contribution in [3.05, 3.63) is 32.6 Å². The molecule has 1 atom stereocenters. The number of amides is 1. The highest BCUT2D eigenvalue weighted by molar-refractivity contribution is 5.95. The van der Waals surface area contributed by atoms with E-state index in [0.29, 0.717) is 0 Å². The number of nitrogens with zero attached hydrogens (tertiary/aromatic N) is 2. The molecule has 8 heteroatoms. The monoisotopic (exact) mass is 255 g/mol. The molecule has 0 spiro atoms. The molecular formula is C10H13N3O5. The maximum atomic E-state index is 11.7. The van der Waals surface area contributed by atoms with Crippen LogP contribution in [0.5, 0.6) is 0 Å². The molecule has 0 aromatic carbocycles. The molecule has 1 heterocycles. The summed E-state index contributed by atoms with van der Waals surface area (Å²) in [6.45, 7) is 1.27. The van der Waals surface area contributed by atoms with Crippen LogP contribution in [-0.2, 0) is 18.9 Å². The van der Waals surface area contributed by atoms with E-state index in [4.69, 9.17) is 5.11 Å². The highest BCUT2D eigenvalue weighted by Crippen LogP contribution is 1.91. The molecule has 0 bridgehead atoms. The van der Waals surface area contributed by atoms with Crippen molar-refractivity contribution in [2.24, 2.45) is 14.1 Å². The molecule has 2 N–H and O–H groups in total. The molecular weight excluding hydrogens is 242 g/mol. The second kappa shape index (κ2) is 4.86. The molecule has 0 saturated heterocycles. The summed E-state index contributed by atoms with van der Waals surface area (Å²) in [7, 11) is 2.63. The predicted molar refractivity (Wildman–Crippen MR) is 61.5 cm³/mol. The molecule has 0 fully saturated rings. The molecule has 1 rings (SSSR count). The normalized spacial score (nSPS) is 11.9. The van der Waals surface area contributed by atoms with E-state index in [0.717, 1.165) is 15.3 Å². The van der Waals surface area contributed by atoms with Gasteiger partial charge in [-0.25, -0.2) is 4.79 Å². The van der Waals surface area contributed by atoms with Gasteiger partial charge in [-0.2, -0.15) is 0 Å². The summed E-state index contributed by atoms with van der Waals surface area (Å²) in [6.07, 6.45) is 1.08. The summed E-state index contributed by atoms with van der Waals surface area (Å²) >= 11 is 0. The van der Waals surface area contributed by atoms with E-state index in [-0.39, 0.29) is 5.56 Å². The van der Waals surface area contributed by atoms with Crippen LogP contribution in [0.15, 0.2) is 15.8 Å². The summed E-state index contributed by atoms with van der Waals surface area (Å²) in [5.74, 6) is -2.05. The van der Waals surface area contributed by atoms with E-state index >= 15 is 0 Å². The van der Waals surface area contributed by atoms with E-state index in [9.17, 15) is 19.2 Å². The molecule has 1 amide bonds. The Morgan fingerprint density at radius 3 is 2.39 bits per heavy atom. The van der Waals surface area contributed by atoms with Gasteiger partial charge >= 0.3 is 11.7 Å². The Balaban J connectivity index is 3.20. The van der Waals surface area contributed by atoms with Crippen LogP contribution in [-0.4, -0.2) is 32.2 Å². The third-order valence-electron chi connectivity index (χ3n) is 2.41. The molecule has 8 nitrogen and oxygen atoms in total. The van der Waals surface area contributed by atoms with Crippen LogP contribution in [0.4, 0.5) is 0 Å². The maximum Gasteiger partial charge on any atom is 0.330 e. The number of carbonyl (C=O) groups is 2. The molecule has 0 aliphatic carbocycles. The Morgan fingerprint density at radius 1 is 1.33 bits per heavy atom. The van der Waals surface area contributed by atoms with Gasteiger partial charge < -0.3 is 15.0 Å². The minimum Gasteiger partial charge on any atom is -0.480 e. The molecule has 18 heavy (non-hydrogen) atoms. The molecule has 0 aliphatic rings. The van der Waals surface area contributed by atoms with Crippen LogP contribution in [0.1, 0.15) is 17.3 Å². The fraction of sp³-hybridized carbons (Fsp3) is 0.400. The Kier molecular flexibility index (Phi) is 3.70. The number of hydrogen-bond donors (Lipinski definition) is 2. The Bertz CT molecular complexity index is 613. The fourth-order valence-corrected chi connectivity index (χ4v) is 1.30. The molecule has 1 aromatic rings. The van der Waals surface area contributed by atoms with E-state index in [1.54, 1.807) is 0 Å². The largest absolute Gasteiger partial charge is 0.480 e. The lowest BCUT2D eigenvalue weighted by molar-refractivity contribution is -0.138. The van der Waals surface area contributed by atoms with Gasteiger partial charge in [0.25, 0.3) is 11.5 Å². The Hall–Kier alpha value is -2.38. The topological polar surface area (TPSA) is 110 Å². The first kappa shape index (κ1) is 13.7. The average molecular weight is 255 g/mol. The Labute approximate surface area is 101 Å². The fourth-order valence-electron chi connectivity index (χ4n) is 1.30. The van der Waals surface area contributed by atoms with Crippen molar-refractivity contribution < 1.29 is 14.7 Å². The summed E-state index contributed by atoms with van der Waals surface area (Å²) in [5, 5.41) is 10.8. The van der Waals surface area contributed by atoms with Crippen LogP contribution in [0.3, 0.4) is 0 Å². The number of nitrogens with one attached hydrogen (secondary N) is 1. The average Bonchev–Trinajstić information content (AvgIpc) is 2.30. The van der Waals surface area contributed by atoms with Crippen LogP contribution >= 0.6 is 0 Å². The van der Waals surface area contributed by atoms with Crippen molar-refractivity contribution in [1.82, 2.24) is 14.5 Å². The number of hydrogen-bond acceptors (Lipinski definition) is 4. The zero-order chi connectivity index (χ0) is 14.0. The number of carbonyl (C=O) groups excluding carboxylic acids is 1. The van der Waals surface area contributed by atoms with Gasteiger partial charge in [-0.3, -0.25) is 19.0 Å². The maximum absolute atomic E-state index is 11.7. The van der Waals surface area contributed by atoms with Crippen LogP contribution in [0.25, 0.3) is 0 Å². The Morgan fingerprint density at radius 2 is 1.89 bits per heavy atom. The van der Waals surface area contributed by atoms with Gasteiger partial charge in [-0.15, -0.1) is 0 Å². The number of aliphatic carboxylic acids is 1. The first-order chi connectivity index (χ1) is 8.25. The van der Waals surface area contributed by atoms with E-state index in [1.807, 2.05) is 0 Å². The molecule has 1 unspecified atom stereocenters. The minimum absolute atomic E-state index is 0.285. The zero-order valence-electron chi connectivity index (χ0n) is 10.1. The molecule has 0 radical (unpaired) electrons. The van der Waals surface area contributed by atoms with Crippen LogP contribution in [0.2, 0.25) is 0 Å². The van der Waals surface area contributed by atoms with Gasteiger partial charge in [0, 0.05) is 20.3 Å². The van der Waals surface area contributed by atoms with E-state index in [1.165, 1.54) is 21.0 Å². The van der Waals surface area contributed by atoms with Crippen molar-refractivity contribution in [2.75, 3.05) is 0 Å².